The third-order valence-corrected chi connectivity index (χ3v) is 4.86. The quantitative estimate of drug-likeness (QED) is 0.594. The van der Waals surface area contributed by atoms with Crippen LogP contribution in [0.4, 0.5) is 11.4 Å². The van der Waals surface area contributed by atoms with Crippen molar-refractivity contribution in [1.82, 2.24) is 9.78 Å². The molecule has 0 spiro atoms. The van der Waals surface area contributed by atoms with Crippen molar-refractivity contribution in [3.05, 3.63) is 58.5 Å². The van der Waals surface area contributed by atoms with Crippen LogP contribution in [0.2, 0.25) is 0 Å². The number of carbonyl (C=O) groups is 1. The van der Waals surface area contributed by atoms with Gasteiger partial charge in [0.2, 0.25) is 10.0 Å². The van der Waals surface area contributed by atoms with Crippen molar-refractivity contribution in [3.63, 3.8) is 0 Å². The first-order valence-corrected chi connectivity index (χ1v) is 11.1. The van der Waals surface area contributed by atoms with Crippen LogP contribution in [0.3, 0.4) is 0 Å². The van der Waals surface area contributed by atoms with Gasteiger partial charge in [-0.05, 0) is 30.7 Å². The van der Waals surface area contributed by atoms with E-state index in [1.54, 1.807) is 30.3 Å². The van der Waals surface area contributed by atoms with Crippen LogP contribution in [0, 0.1) is 0 Å². The van der Waals surface area contributed by atoms with Gasteiger partial charge in [-0.3, -0.25) is 14.3 Å². The lowest BCUT2D eigenvalue weighted by molar-refractivity contribution is 0.102. The standard InChI is InChI=1S/C20H22N4O5S/c1-4-11-24-20(26)15-8-6-5-7-14(15)18(22-24)19(25)21-13-9-10-17(29-2)16(12-13)23-30(3,27)28/h5-10,12,23H,4,11H2,1-3H3,(H,21,25). The van der Waals surface area contributed by atoms with E-state index in [4.69, 9.17) is 4.74 Å². The molecular weight excluding hydrogens is 408 g/mol. The number of aryl methyl sites for hydroxylation is 1. The molecule has 10 heteroatoms. The molecule has 3 aromatic rings. The van der Waals surface area contributed by atoms with E-state index in [-0.39, 0.29) is 16.9 Å². The second-order valence-corrected chi connectivity index (χ2v) is 8.41. The monoisotopic (exact) mass is 430 g/mol. The first kappa shape index (κ1) is 21.3. The summed E-state index contributed by atoms with van der Waals surface area (Å²) in [7, 11) is -2.14. The van der Waals surface area contributed by atoms with Gasteiger partial charge in [0.1, 0.15) is 5.75 Å². The van der Waals surface area contributed by atoms with Crippen LogP contribution in [0.5, 0.6) is 5.75 Å². The van der Waals surface area contributed by atoms with E-state index in [1.165, 1.54) is 23.9 Å². The maximum absolute atomic E-state index is 13.0. The molecule has 1 aromatic heterocycles. The number of ether oxygens (including phenoxy) is 1. The number of benzene rings is 2. The van der Waals surface area contributed by atoms with E-state index < -0.39 is 15.9 Å². The Labute approximate surface area is 173 Å². The Bertz CT molecular complexity index is 1270. The molecule has 2 N–H and O–H groups in total. The van der Waals surface area contributed by atoms with Crippen LogP contribution >= 0.6 is 0 Å². The molecule has 1 amide bonds. The van der Waals surface area contributed by atoms with Crippen molar-refractivity contribution in [3.8, 4) is 5.75 Å². The zero-order valence-electron chi connectivity index (χ0n) is 16.8. The molecule has 30 heavy (non-hydrogen) atoms. The molecule has 0 unspecified atom stereocenters. The van der Waals surface area contributed by atoms with Gasteiger partial charge in [-0.1, -0.05) is 25.1 Å². The summed E-state index contributed by atoms with van der Waals surface area (Å²) in [5.74, 6) is -0.218. The number of sulfonamides is 1. The molecule has 0 saturated heterocycles. The topological polar surface area (TPSA) is 119 Å². The predicted molar refractivity (Wildman–Crippen MR) is 116 cm³/mol. The number of nitrogens with zero attached hydrogens (tertiary/aromatic N) is 2. The highest BCUT2D eigenvalue weighted by Gasteiger charge is 2.18. The summed E-state index contributed by atoms with van der Waals surface area (Å²) >= 11 is 0. The number of anilines is 2. The number of carbonyl (C=O) groups excluding carboxylic acids is 1. The number of aromatic nitrogens is 2. The molecule has 2 aromatic carbocycles. The Kier molecular flexibility index (Phi) is 6.06. The summed E-state index contributed by atoms with van der Waals surface area (Å²) in [4.78, 5) is 25.6. The minimum Gasteiger partial charge on any atom is -0.495 e. The minimum atomic E-state index is -3.55. The largest absolute Gasteiger partial charge is 0.495 e. The van der Waals surface area contributed by atoms with Crippen LogP contribution < -0.4 is 20.3 Å². The van der Waals surface area contributed by atoms with Crippen LogP contribution in [-0.4, -0.2) is 37.5 Å². The normalized spacial score (nSPS) is 11.3. The zero-order valence-corrected chi connectivity index (χ0v) is 17.6. The van der Waals surface area contributed by atoms with Crippen molar-refractivity contribution in [2.24, 2.45) is 0 Å². The lowest BCUT2D eigenvalue weighted by Crippen LogP contribution is -2.27. The Hall–Kier alpha value is -3.40. The molecule has 0 fully saturated rings. The number of hydrogen-bond acceptors (Lipinski definition) is 6. The van der Waals surface area contributed by atoms with Gasteiger partial charge in [0, 0.05) is 17.6 Å². The molecule has 0 bridgehead atoms. The number of fused-ring (bicyclic) bond motifs is 1. The van der Waals surface area contributed by atoms with Crippen molar-refractivity contribution < 1.29 is 17.9 Å². The average Bonchev–Trinajstić information content (AvgIpc) is 2.69. The number of rotatable bonds is 7. The molecule has 9 nitrogen and oxygen atoms in total. The summed E-state index contributed by atoms with van der Waals surface area (Å²) in [5, 5.41) is 7.81. The third kappa shape index (κ3) is 4.60. The van der Waals surface area contributed by atoms with Crippen molar-refractivity contribution in [2.75, 3.05) is 23.4 Å². The van der Waals surface area contributed by atoms with E-state index in [9.17, 15) is 18.0 Å². The molecule has 0 saturated carbocycles. The summed E-state index contributed by atoms with van der Waals surface area (Å²) in [6.07, 6.45) is 1.70. The van der Waals surface area contributed by atoms with Gasteiger partial charge in [-0.25, -0.2) is 13.1 Å². The Morgan fingerprint density at radius 2 is 1.87 bits per heavy atom. The fraction of sp³-hybridized carbons (Fsp3) is 0.250. The number of methoxy groups -OCH3 is 1. The molecule has 0 atom stereocenters. The smallest absolute Gasteiger partial charge is 0.276 e. The Balaban J connectivity index is 2.02. The van der Waals surface area contributed by atoms with Crippen LogP contribution in [-0.2, 0) is 16.6 Å². The number of hydrogen-bond donors (Lipinski definition) is 2. The molecular formula is C20H22N4O5S. The third-order valence-electron chi connectivity index (χ3n) is 4.27. The molecule has 3 rings (SSSR count). The second-order valence-electron chi connectivity index (χ2n) is 6.67. The van der Waals surface area contributed by atoms with Gasteiger partial charge in [0.05, 0.1) is 24.4 Å². The fourth-order valence-corrected chi connectivity index (χ4v) is 3.58. The lowest BCUT2D eigenvalue weighted by atomic mass is 10.1. The van der Waals surface area contributed by atoms with Gasteiger partial charge in [-0.2, -0.15) is 5.10 Å². The van der Waals surface area contributed by atoms with Crippen molar-refractivity contribution >= 4 is 38.1 Å². The predicted octanol–water partition coefficient (Wildman–Crippen LogP) is 2.44. The van der Waals surface area contributed by atoms with E-state index in [1.807, 2.05) is 6.92 Å². The summed E-state index contributed by atoms with van der Waals surface area (Å²) < 4.78 is 32.0. The fourth-order valence-electron chi connectivity index (χ4n) is 3.02. The van der Waals surface area contributed by atoms with Crippen LogP contribution in [0.1, 0.15) is 23.8 Å². The van der Waals surface area contributed by atoms with Gasteiger partial charge < -0.3 is 10.1 Å². The van der Waals surface area contributed by atoms with Crippen molar-refractivity contribution in [1.29, 1.82) is 0 Å². The molecule has 158 valence electrons. The number of amides is 1. The average molecular weight is 430 g/mol. The molecule has 0 radical (unpaired) electrons. The second kappa shape index (κ2) is 8.54. The summed E-state index contributed by atoms with van der Waals surface area (Å²) in [6.45, 7) is 2.30. The first-order valence-electron chi connectivity index (χ1n) is 9.20. The van der Waals surface area contributed by atoms with E-state index in [0.717, 1.165) is 6.26 Å². The van der Waals surface area contributed by atoms with Crippen molar-refractivity contribution in [2.45, 2.75) is 19.9 Å². The SMILES string of the molecule is CCCn1nc(C(=O)Nc2ccc(OC)c(NS(C)(=O)=O)c2)c2ccccc2c1=O. The van der Waals surface area contributed by atoms with Gasteiger partial charge in [0.25, 0.3) is 11.5 Å². The van der Waals surface area contributed by atoms with E-state index in [0.29, 0.717) is 35.2 Å². The van der Waals surface area contributed by atoms with Crippen LogP contribution in [0.15, 0.2) is 47.3 Å². The molecule has 0 aliphatic heterocycles. The highest BCUT2D eigenvalue weighted by atomic mass is 32.2. The molecule has 1 heterocycles. The highest BCUT2D eigenvalue weighted by molar-refractivity contribution is 7.92. The van der Waals surface area contributed by atoms with E-state index in [2.05, 4.69) is 15.1 Å². The Morgan fingerprint density at radius 1 is 1.17 bits per heavy atom. The number of nitrogens with one attached hydrogen (secondary N) is 2. The maximum atomic E-state index is 13.0. The van der Waals surface area contributed by atoms with Gasteiger partial charge in [-0.15, -0.1) is 0 Å². The summed E-state index contributed by atoms with van der Waals surface area (Å²) in [5.41, 5.74) is 0.373. The Morgan fingerprint density at radius 3 is 2.50 bits per heavy atom. The van der Waals surface area contributed by atoms with E-state index >= 15 is 0 Å². The minimum absolute atomic E-state index is 0.104. The first-order chi connectivity index (χ1) is 14.2. The maximum Gasteiger partial charge on any atom is 0.276 e. The lowest BCUT2D eigenvalue weighted by Gasteiger charge is -2.13. The molecule has 0 aliphatic rings. The zero-order chi connectivity index (χ0) is 21.9. The summed E-state index contributed by atoms with van der Waals surface area (Å²) in [6, 6.07) is 11.3. The van der Waals surface area contributed by atoms with Gasteiger partial charge in [0.15, 0.2) is 5.69 Å². The van der Waals surface area contributed by atoms with Crippen LogP contribution in [0.25, 0.3) is 10.8 Å². The highest BCUT2D eigenvalue weighted by Crippen LogP contribution is 2.29. The molecule has 0 aliphatic carbocycles. The van der Waals surface area contributed by atoms with Gasteiger partial charge >= 0.3 is 0 Å².